The quantitative estimate of drug-likeness (QED) is 0.544. The van der Waals surface area contributed by atoms with E-state index in [-0.39, 0.29) is 11.4 Å². The molecule has 0 atom stereocenters. The lowest BCUT2D eigenvalue weighted by Gasteiger charge is -2.20. The van der Waals surface area contributed by atoms with Crippen molar-refractivity contribution in [2.75, 3.05) is 25.0 Å². The molecule has 0 spiro atoms. The average molecular weight is 293 g/mol. The van der Waals surface area contributed by atoms with Gasteiger partial charge in [-0.2, -0.15) is 0 Å². The van der Waals surface area contributed by atoms with Crippen molar-refractivity contribution in [1.82, 2.24) is 0 Å². The lowest BCUT2D eigenvalue weighted by Crippen LogP contribution is -3.15. The fourth-order valence-electron chi connectivity index (χ4n) is 2.02. The standard InChI is InChI=1S/C14H18N2O5/c1-9-4-3-5-10(2)14(9)15-11(17)6-16(7-12(18)19)8-13(20)21/h3-5H,6-8H2,1-2H3,(H,15,17)(H,18,19)(H,20,21)/p-1. The van der Waals surface area contributed by atoms with Gasteiger partial charge in [-0.05, 0) is 25.0 Å². The van der Waals surface area contributed by atoms with Crippen molar-refractivity contribution in [3.05, 3.63) is 29.3 Å². The maximum Gasteiger partial charge on any atom is 0.279 e. The van der Waals surface area contributed by atoms with Crippen LogP contribution < -0.4 is 20.4 Å². The molecule has 7 heteroatoms. The largest absolute Gasteiger partial charge is 0.544 e. The molecule has 7 nitrogen and oxygen atoms in total. The van der Waals surface area contributed by atoms with E-state index in [1.54, 1.807) is 0 Å². The van der Waals surface area contributed by atoms with Crippen LogP contribution in [0.15, 0.2) is 18.2 Å². The van der Waals surface area contributed by atoms with E-state index in [0.29, 0.717) is 5.69 Å². The van der Waals surface area contributed by atoms with Crippen molar-refractivity contribution in [1.29, 1.82) is 0 Å². The van der Waals surface area contributed by atoms with Crippen LogP contribution >= 0.6 is 0 Å². The predicted octanol–water partition coefficient (Wildman–Crippen LogP) is -3.37. The number of aliphatic carboxylic acids is 2. The number of carboxylic acid groups (broad SMARTS) is 2. The van der Waals surface area contributed by atoms with E-state index >= 15 is 0 Å². The van der Waals surface area contributed by atoms with Gasteiger partial charge in [0.15, 0.2) is 6.54 Å². The van der Waals surface area contributed by atoms with E-state index in [0.717, 1.165) is 11.1 Å². The molecule has 0 bridgehead atoms. The highest BCUT2D eigenvalue weighted by Crippen LogP contribution is 2.18. The maximum atomic E-state index is 11.9. The normalized spacial score (nSPS) is 10.4. The Morgan fingerprint density at radius 3 is 1.90 bits per heavy atom. The second-order valence-electron chi connectivity index (χ2n) is 4.84. The molecule has 0 radical (unpaired) electrons. The number of para-hydroxylation sites is 1. The molecule has 1 rings (SSSR count). The summed E-state index contributed by atoms with van der Waals surface area (Å²) in [6.45, 7) is 2.21. The average Bonchev–Trinajstić information content (AvgIpc) is 2.32. The van der Waals surface area contributed by atoms with Gasteiger partial charge in [0.05, 0.1) is 11.9 Å². The van der Waals surface area contributed by atoms with Gasteiger partial charge in [-0.15, -0.1) is 0 Å². The lowest BCUT2D eigenvalue weighted by molar-refractivity contribution is -0.880. The first-order valence-electron chi connectivity index (χ1n) is 6.39. The number of quaternary nitrogens is 1. The van der Waals surface area contributed by atoms with Gasteiger partial charge in [-0.25, -0.2) is 0 Å². The smallest absolute Gasteiger partial charge is 0.279 e. The van der Waals surface area contributed by atoms with E-state index in [4.69, 9.17) is 0 Å². The fourth-order valence-corrected chi connectivity index (χ4v) is 2.02. The van der Waals surface area contributed by atoms with Gasteiger partial charge in [-0.3, -0.25) is 4.79 Å². The molecule has 2 N–H and O–H groups in total. The monoisotopic (exact) mass is 293 g/mol. The summed E-state index contributed by atoms with van der Waals surface area (Å²) < 4.78 is 0. The molecule has 114 valence electrons. The molecule has 1 amide bonds. The molecule has 1 aromatic carbocycles. The molecule has 0 heterocycles. The molecule has 0 saturated heterocycles. The van der Waals surface area contributed by atoms with Crippen LogP contribution in [-0.4, -0.2) is 37.5 Å². The van der Waals surface area contributed by atoms with Crippen LogP contribution in [0, 0.1) is 13.8 Å². The van der Waals surface area contributed by atoms with Gasteiger partial charge >= 0.3 is 0 Å². The summed E-state index contributed by atoms with van der Waals surface area (Å²) in [4.78, 5) is 33.1. The zero-order valence-electron chi connectivity index (χ0n) is 11.9. The van der Waals surface area contributed by atoms with Crippen molar-refractivity contribution in [3.8, 4) is 0 Å². The Balaban J connectivity index is 2.73. The summed E-state index contributed by atoms with van der Waals surface area (Å²) in [7, 11) is 0. The summed E-state index contributed by atoms with van der Waals surface area (Å²) in [6, 6.07) is 5.51. The zero-order valence-corrected chi connectivity index (χ0v) is 11.9. The third kappa shape index (κ3) is 5.62. The summed E-state index contributed by atoms with van der Waals surface area (Å²) in [5.74, 6) is -3.32. The molecule has 0 unspecified atom stereocenters. The number of carbonyl (C=O) groups is 3. The fraction of sp³-hybridized carbons (Fsp3) is 0.357. The number of benzene rings is 1. The highest BCUT2D eigenvalue weighted by molar-refractivity contribution is 5.93. The first-order chi connectivity index (χ1) is 9.79. The number of aryl methyl sites for hydroxylation is 2. The number of carboxylic acids is 2. The number of rotatable bonds is 7. The summed E-state index contributed by atoms with van der Waals surface area (Å²) in [5, 5.41) is 23.8. The van der Waals surface area contributed by atoms with Crippen LogP contribution in [0.25, 0.3) is 0 Å². The molecule has 0 aromatic heterocycles. The molecule has 1 aromatic rings. The summed E-state index contributed by atoms with van der Waals surface area (Å²) >= 11 is 0. The highest BCUT2D eigenvalue weighted by atomic mass is 16.4. The Morgan fingerprint density at radius 2 is 1.48 bits per heavy atom. The topological polar surface area (TPSA) is 114 Å². The van der Waals surface area contributed by atoms with Gasteiger partial charge in [0, 0.05) is 5.69 Å². The number of anilines is 1. The van der Waals surface area contributed by atoms with E-state index in [1.807, 2.05) is 32.0 Å². The number of hydrogen-bond donors (Lipinski definition) is 2. The van der Waals surface area contributed by atoms with Crippen LogP contribution in [0.5, 0.6) is 0 Å². The first-order valence-corrected chi connectivity index (χ1v) is 6.39. The summed E-state index contributed by atoms with van der Waals surface area (Å²) in [6.07, 6.45) is 0. The van der Waals surface area contributed by atoms with Crippen LogP contribution in [-0.2, 0) is 14.4 Å². The first kappa shape index (κ1) is 16.6. The minimum atomic E-state index is -1.42. The van der Waals surface area contributed by atoms with Crippen molar-refractivity contribution in [2.24, 2.45) is 0 Å². The van der Waals surface area contributed by atoms with E-state index < -0.39 is 30.9 Å². The van der Waals surface area contributed by atoms with Crippen LogP contribution in [0.4, 0.5) is 5.69 Å². The molecule has 21 heavy (non-hydrogen) atoms. The van der Waals surface area contributed by atoms with Crippen LogP contribution in [0.2, 0.25) is 0 Å². The third-order valence-electron chi connectivity index (χ3n) is 2.94. The van der Waals surface area contributed by atoms with Gasteiger partial charge in [0.2, 0.25) is 0 Å². The maximum absolute atomic E-state index is 11.9. The minimum absolute atomic E-state index is 0.0405. The van der Waals surface area contributed by atoms with E-state index in [9.17, 15) is 24.6 Å². The molecule has 0 aliphatic heterocycles. The Labute approximate surface area is 122 Å². The number of carbonyl (C=O) groups excluding carboxylic acids is 3. The SMILES string of the molecule is Cc1cccc(C)c1NC(=O)C[NH+](CC(=O)[O-])CC(=O)[O-]. The zero-order chi connectivity index (χ0) is 16.0. The van der Waals surface area contributed by atoms with Gasteiger partial charge in [0.25, 0.3) is 5.91 Å². The van der Waals surface area contributed by atoms with Crippen LogP contribution in [0.1, 0.15) is 11.1 Å². The second kappa shape index (κ2) is 7.39. The lowest BCUT2D eigenvalue weighted by atomic mass is 10.1. The minimum Gasteiger partial charge on any atom is -0.544 e. The molecule has 0 fully saturated rings. The number of hydrogen-bond acceptors (Lipinski definition) is 5. The Bertz CT molecular complexity index is 520. The Hall–Kier alpha value is -2.41. The Morgan fingerprint density at radius 1 is 1.00 bits per heavy atom. The van der Waals surface area contributed by atoms with E-state index in [2.05, 4.69) is 5.32 Å². The van der Waals surface area contributed by atoms with Gasteiger partial charge in [-0.1, -0.05) is 18.2 Å². The van der Waals surface area contributed by atoms with Gasteiger partial charge < -0.3 is 30.0 Å². The second-order valence-corrected chi connectivity index (χ2v) is 4.84. The van der Waals surface area contributed by atoms with Gasteiger partial charge in [0.1, 0.15) is 13.1 Å². The van der Waals surface area contributed by atoms with Crippen LogP contribution in [0.3, 0.4) is 0 Å². The molecular formula is C14H17N2O5-. The van der Waals surface area contributed by atoms with Crippen molar-refractivity contribution in [2.45, 2.75) is 13.8 Å². The third-order valence-corrected chi connectivity index (χ3v) is 2.94. The highest BCUT2D eigenvalue weighted by Gasteiger charge is 2.16. The van der Waals surface area contributed by atoms with E-state index in [1.165, 1.54) is 0 Å². The molecule has 0 saturated carbocycles. The molecule has 0 aliphatic rings. The summed E-state index contributed by atoms with van der Waals surface area (Å²) in [5.41, 5.74) is 2.37. The van der Waals surface area contributed by atoms with Crippen molar-refractivity contribution in [3.63, 3.8) is 0 Å². The number of nitrogens with one attached hydrogen (secondary N) is 2. The van der Waals surface area contributed by atoms with Crippen molar-refractivity contribution >= 4 is 23.5 Å². The van der Waals surface area contributed by atoms with Crippen molar-refractivity contribution < 1.29 is 29.5 Å². The molecular weight excluding hydrogens is 276 g/mol. The molecule has 0 aliphatic carbocycles. The number of amides is 1. The predicted molar refractivity (Wildman–Crippen MR) is 70.1 cm³/mol. The Kier molecular flexibility index (Phi) is 5.86.